The van der Waals surface area contributed by atoms with Crippen molar-refractivity contribution in [1.29, 1.82) is 0 Å². The summed E-state index contributed by atoms with van der Waals surface area (Å²) in [4.78, 5) is 14.0. The first-order chi connectivity index (χ1) is 11.4. The molecule has 23 heavy (non-hydrogen) atoms. The molecule has 108 valence electrons. The average Bonchev–Trinajstić information content (AvgIpc) is 3.02. The van der Waals surface area contributed by atoms with Crippen molar-refractivity contribution in [3.63, 3.8) is 0 Å². The Labute approximate surface area is 132 Å². The van der Waals surface area contributed by atoms with Gasteiger partial charge in [-0.25, -0.2) is 9.97 Å². The van der Waals surface area contributed by atoms with Crippen molar-refractivity contribution in [3.8, 4) is 11.3 Å². The van der Waals surface area contributed by atoms with Gasteiger partial charge in [-0.1, -0.05) is 24.3 Å². The van der Waals surface area contributed by atoms with E-state index in [1.807, 2.05) is 60.9 Å². The van der Waals surface area contributed by atoms with E-state index >= 15 is 0 Å². The van der Waals surface area contributed by atoms with E-state index in [1.54, 1.807) is 6.20 Å². The highest BCUT2D eigenvalue weighted by molar-refractivity contribution is 6.08. The monoisotopic (exact) mass is 296 g/mol. The number of para-hydroxylation sites is 1. The van der Waals surface area contributed by atoms with Gasteiger partial charge in [-0.05, 0) is 30.3 Å². The summed E-state index contributed by atoms with van der Waals surface area (Å²) in [5.41, 5.74) is 5.76. The summed E-state index contributed by atoms with van der Waals surface area (Å²) in [5, 5.41) is 1.07. The van der Waals surface area contributed by atoms with Crippen LogP contribution in [0.15, 0.2) is 73.2 Å². The number of fused-ring (bicyclic) bond motifs is 5. The van der Waals surface area contributed by atoms with E-state index in [0.717, 1.165) is 38.8 Å². The summed E-state index contributed by atoms with van der Waals surface area (Å²) >= 11 is 0. The molecule has 0 aliphatic rings. The van der Waals surface area contributed by atoms with E-state index in [0.29, 0.717) is 0 Å². The summed E-state index contributed by atoms with van der Waals surface area (Å²) in [6.45, 7) is 0. The first-order valence-electron chi connectivity index (χ1n) is 7.48. The van der Waals surface area contributed by atoms with Crippen molar-refractivity contribution in [3.05, 3.63) is 73.2 Å². The third kappa shape index (κ3) is 1.75. The summed E-state index contributed by atoms with van der Waals surface area (Å²) in [7, 11) is 0. The molecule has 0 spiro atoms. The Hall–Kier alpha value is -3.27. The predicted molar refractivity (Wildman–Crippen MR) is 91.2 cm³/mol. The minimum Gasteiger partial charge on any atom is -0.298 e. The van der Waals surface area contributed by atoms with Crippen molar-refractivity contribution in [2.75, 3.05) is 0 Å². The molecule has 0 saturated heterocycles. The highest BCUT2D eigenvalue weighted by Crippen LogP contribution is 2.32. The zero-order chi connectivity index (χ0) is 15.2. The van der Waals surface area contributed by atoms with Crippen LogP contribution in [-0.2, 0) is 0 Å². The molecule has 0 saturated carbocycles. The Kier molecular flexibility index (Phi) is 2.46. The van der Waals surface area contributed by atoms with Crippen molar-refractivity contribution in [2.24, 2.45) is 0 Å². The van der Waals surface area contributed by atoms with Crippen LogP contribution in [0.4, 0.5) is 0 Å². The van der Waals surface area contributed by atoms with E-state index in [1.165, 1.54) is 0 Å². The van der Waals surface area contributed by atoms with Gasteiger partial charge in [0.05, 0.1) is 11.2 Å². The van der Waals surface area contributed by atoms with Crippen LogP contribution in [0.1, 0.15) is 0 Å². The molecule has 0 fully saturated rings. The van der Waals surface area contributed by atoms with Crippen LogP contribution in [0.3, 0.4) is 0 Å². The lowest BCUT2D eigenvalue weighted by molar-refractivity contribution is 1.22. The zero-order valence-electron chi connectivity index (χ0n) is 12.2. The van der Waals surface area contributed by atoms with Gasteiger partial charge in [-0.2, -0.15) is 0 Å². The molecule has 4 heterocycles. The van der Waals surface area contributed by atoms with E-state index in [4.69, 9.17) is 9.97 Å². The molecule has 4 heteroatoms. The SMILES string of the molecule is c1cncc(-c2nc3ccccc3c3nc4ccccn4c23)c1. The fraction of sp³-hybridized carbons (Fsp3) is 0. The number of benzene rings is 1. The molecule has 0 amide bonds. The minimum atomic E-state index is 0.908. The molecular formula is C19H12N4. The second-order valence-electron chi connectivity index (χ2n) is 5.46. The molecule has 0 aliphatic heterocycles. The summed E-state index contributed by atoms with van der Waals surface area (Å²) < 4.78 is 2.09. The van der Waals surface area contributed by atoms with Gasteiger partial charge in [0, 0.05) is 29.5 Å². The molecule has 0 aliphatic carbocycles. The third-order valence-corrected chi connectivity index (χ3v) is 4.08. The van der Waals surface area contributed by atoms with Crippen molar-refractivity contribution < 1.29 is 0 Å². The minimum absolute atomic E-state index is 0.908. The predicted octanol–water partition coefficient (Wildman–Crippen LogP) is 4.10. The number of imidazole rings is 1. The second-order valence-corrected chi connectivity index (χ2v) is 5.46. The lowest BCUT2D eigenvalue weighted by atomic mass is 10.1. The molecule has 0 atom stereocenters. The smallest absolute Gasteiger partial charge is 0.137 e. The first-order valence-corrected chi connectivity index (χ1v) is 7.48. The van der Waals surface area contributed by atoms with Crippen LogP contribution < -0.4 is 0 Å². The van der Waals surface area contributed by atoms with Gasteiger partial charge >= 0.3 is 0 Å². The average molecular weight is 296 g/mol. The summed E-state index contributed by atoms with van der Waals surface area (Å²) in [5.74, 6) is 0. The first kappa shape index (κ1) is 12.3. The van der Waals surface area contributed by atoms with Gasteiger partial charge in [0.25, 0.3) is 0 Å². The van der Waals surface area contributed by atoms with Gasteiger partial charge in [0.1, 0.15) is 16.7 Å². The van der Waals surface area contributed by atoms with E-state index < -0.39 is 0 Å². The van der Waals surface area contributed by atoms with Crippen LogP contribution in [0.5, 0.6) is 0 Å². The largest absolute Gasteiger partial charge is 0.298 e. The number of hydrogen-bond donors (Lipinski definition) is 0. The molecule has 0 radical (unpaired) electrons. The molecule has 5 aromatic rings. The normalized spacial score (nSPS) is 11.5. The Bertz CT molecular complexity index is 1160. The maximum atomic E-state index is 4.90. The van der Waals surface area contributed by atoms with Gasteiger partial charge in [-0.15, -0.1) is 0 Å². The number of rotatable bonds is 1. The molecule has 1 aromatic carbocycles. The fourth-order valence-corrected chi connectivity index (χ4v) is 3.06. The van der Waals surface area contributed by atoms with Gasteiger partial charge < -0.3 is 0 Å². The molecule has 0 N–H and O–H groups in total. The number of hydrogen-bond acceptors (Lipinski definition) is 3. The molecule has 4 aromatic heterocycles. The number of nitrogens with zero attached hydrogens (tertiary/aromatic N) is 4. The highest BCUT2D eigenvalue weighted by atomic mass is 15.0. The van der Waals surface area contributed by atoms with Gasteiger partial charge in [-0.3, -0.25) is 9.38 Å². The second kappa shape index (κ2) is 4.61. The molecular weight excluding hydrogens is 284 g/mol. The van der Waals surface area contributed by atoms with Crippen molar-refractivity contribution >= 4 is 27.6 Å². The highest BCUT2D eigenvalue weighted by Gasteiger charge is 2.15. The van der Waals surface area contributed by atoms with Crippen LogP contribution in [0.2, 0.25) is 0 Å². The molecule has 4 nitrogen and oxygen atoms in total. The summed E-state index contributed by atoms with van der Waals surface area (Å²) in [6, 6.07) is 18.1. The maximum Gasteiger partial charge on any atom is 0.137 e. The molecule has 0 unspecified atom stereocenters. The van der Waals surface area contributed by atoms with Crippen LogP contribution in [0, 0.1) is 0 Å². The lowest BCUT2D eigenvalue weighted by Gasteiger charge is -2.06. The molecule has 5 rings (SSSR count). The van der Waals surface area contributed by atoms with Crippen molar-refractivity contribution in [2.45, 2.75) is 0 Å². The van der Waals surface area contributed by atoms with Crippen LogP contribution >= 0.6 is 0 Å². The molecule has 0 bridgehead atoms. The Morgan fingerprint density at radius 3 is 2.65 bits per heavy atom. The fourth-order valence-electron chi connectivity index (χ4n) is 3.06. The Morgan fingerprint density at radius 1 is 0.826 bits per heavy atom. The van der Waals surface area contributed by atoms with E-state index in [-0.39, 0.29) is 0 Å². The van der Waals surface area contributed by atoms with E-state index in [9.17, 15) is 0 Å². The topological polar surface area (TPSA) is 43.1 Å². The van der Waals surface area contributed by atoms with Crippen LogP contribution in [-0.4, -0.2) is 19.4 Å². The maximum absolute atomic E-state index is 4.90. The lowest BCUT2D eigenvalue weighted by Crippen LogP contribution is -1.92. The number of aromatic nitrogens is 4. The Balaban J connectivity index is 2.06. The van der Waals surface area contributed by atoms with E-state index in [2.05, 4.69) is 15.5 Å². The van der Waals surface area contributed by atoms with Gasteiger partial charge in [0.15, 0.2) is 0 Å². The van der Waals surface area contributed by atoms with Crippen LogP contribution in [0.25, 0.3) is 38.8 Å². The zero-order valence-corrected chi connectivity index (χ0v) is 12.2. The summed E-state index contributed by atoms with van der Waals surface area (Å²) in [6.07, 6.45) is 5.65. The Morgan fingerprint density at radius 2 is 1.74 bits per heavy atom. The quantitative estimate of drug-likeness (QED) is 0.468. The van der Waals surface area contributed by atoms with Crippen molar-refractivity contribution in [1.82, 2.24) is 19.4 Å². The van der Waals surface area contributed by atoms with Gasteiger partial charge in [0.2, 0.25) is 0 Å². The number of pyridine rings is 3. The standard InChI is InChI=1S/C19H12N4/c1-2-8-15-14(7-1)18-19(23-11-4-3-9-16(23)22-18)17(21-15)13-6-5-10-20-12-13/h1-12H. The third-order valence-electron chi connectivity index (χ3n) is 4.08.